The van der Waals surface area contributed by atoms with Crippen LogP contribution in [0.1, 0.15) is 37.8 Å². The molecule has 170 valence electrons. The van der Waals surface area contributed by atoms with Crippen LogP contribution in [0.5, 0.6) is 0 Å². The maximum absolute atomic E-state index is 13.1. The number of halogens is 1. The molecule has 1 aliphatic heterocycles. The van der Waals surface area contributed by atoms with Gasteiger partial charge in [0.1, 0.15) is 5.82 Å². The molecule has 0 spiro atoms. The summed E-state index contributed by atoms with van der Waals surface area (Å²) in [5.41, 5.74) is 2.38. The second-order valence-corrected chi connectivity index (χ2v) is 8.20. The van der Waals surface area contributed by atoms with Gasteiger partial charge in [0.15, 0.2) is 0 Å². The topological polar surface area (TPSA) is 69.7 Å². The van der Waals surface area contributed by atoms with Gasteiger partial charge >= 0.3 is 0 Å². The summed E-state index contributed by atoms with van der Waals surface area (Å²) < 4.78 is 13.1. The molecule has 2 aromatic carbocycles. The van der Waals surface area contributed by atoms with Gasteiger partial charge in [-0.15, -0.1) is 0 Å². The predicted octanol–water partition coefficient (Wildman–Crippen LogP) is 3.61. The number of piperidine rings is 1. The third-order valence-electron chi connectivity index (χ3n) is 5.81. The number of nitrogens with one attached hydrogen (secondary N) is 1. The average molecular weight is 440 g/mol. The third kappa shape index (κ3) is 6.39. The summed E-state index contributed by atoms with van der Waals surface area (Å²) in [5, 5.41) is 2.97. The number of carbonyl (C=O) groups is 3. The van der Waals surface area contributed by atoms with Crippen molar-refractivity contribution in [3.63, 3.8) is 0 Å². The van der Waals surface area contributed by atoms with E-state index < -0.39 is 0 Å². The van der Waals surface area contributed by atoms with E-state index in [1.54, 1.807) is 28.9 Å². The summed E-state index contributed by atoms with van der Waals surface area (Å²) in [7, 11) is 0. The number of rotatable bonds is 7. The van der Waals surface area contributed by atoms with Crippen LogP contribution in [0, 0.1) is 11.7 Å². The van der Waals surface area contributed by atoms with Gasteiger partial charge in [-0.3, -0.25) is 14.4 Å². The first-order chi connectivity index (χ1) is 15.4. The zero-order chi connectivity index (χ0) is 23.1. The van der Waals surface area contributed by atoms with Gasteiger partial charge in [-0.05, 0) is 55.2 Å². The van der Waals surface area contributed by atoms with Crippen molar-refractivity contribution in [2.45, 2.75) is 39.7 Å². The van der Waals surface area contributed by atoms with E-state index in [4.69, 9.17) is 0 Å². The van der Waals surface area contributed by atoms with Crippen molar-refractivity contribution in [1.29, 1.82) is 0 Å². The molecule has 2 aromatic rings. The van der Waals surface area contributed by atoms with E-state index in [-0.39, 0.29) is 35.9 Å². The van der Waals surface area contributed by atoms with Gasteiger partial charge in [-0.1, -0.05) is 24.3 Å². The molecule has 0 aliphatic carbocycles. The lowest BCUT2D eigenvalue weighted by atomic mass is 9.96. The lowest BCUT2D eigenvalue weighted by Crippen LogP contribution is -2.44. The maximum Gasteiger partial charge on any atom is 0.229 e. The maximum atomic E-state index is 13.1. The molecule has 1 N–H and O–H groups in total. The molecule has 1 unspecified atom stereocenters. The first-order valence-electron chi connectivity index (χ1n) is 11.0. The quantitative estimate of drug-likeness (QED) is 0.717. The van der Waals surface area contributed by atoms with Crippen LogP contribution in [0.15, 0.2) is 48.5 Å². The van der Waals surface area contributed by atoms with Crippen LogP contribution < -0.4 is 5.32 Å². The molecule has 1 atom stereocenters. The fraction of sp³-hybridized carbons (Fsp3) is 0.400. The lowest BCUT2D eigenvalue weighted by Gasteiger charge is -2.32. The van der Waals surface area contributed by atoms with Crippen LogP contribution in [0.4, 0.5) is 10.1 Å². The Kier molecular flexibility index (Phi) is 7.98. The Morgan fingerprint density at radius 1 is 1.12 bits per heavy atom. The number of hydrogen-bond donors (Lipinski definition) is 1. The SMILES string of the molecule is CCN(Cc1cccc(NC(=O)C2CCCN(C(=O)Cc3ccc(F)cc3)C2)c1)C(C)=O. The number of anilines is 1. The highest BCUT2D eigenvalue weighted by atomic mass is 19.1. The number of likely N-dealkylation sites (tertiary alicyclic amines) is 1. The van der Waals surface area contributed by atoms with Crippen molar-refractivity contribution in [3.05, 3.63) is 65.5 Å². The summed E-state index contributed by atoms with van der Waals surface area (Å²) in [5.74, 6) is -0.771. The number of carbonyl (C=O) groups excluding carboxylic acids is 3. The molecule has 32 heavy (non-hydrogen) atoms. The lowest BCUT2D eigenvalue weighted by molar-refractivity contribution is -0.134. The summed E-state index contributed by atoms with van der Waals surface area (Å²) in [6.07, 6.45) is 1.68. The van der Waals surface area contributed by atoms with Crippen LogP contribution in [0.2, 0.25) is 0 Å². The summed E-state index contributed by atoms with van der Waals surface area (Å²) in [6.45, 7) is 5.58. The molecular formula is C25H30FN3O3. The molecule has 7 heteroatoms. The van der Waals surface area contributed by atoms with Crippen molar-refractivity contribution in [3.8, 4) is 0 Å². The molecule has 0 radical (unpaired) electrons. The first kappa shape index (κ1) is 23.4. The average Bonchev–Trinajstić information content (AvgIpc) is 2.79. The van der Waals surface area contributed by atoms with Crippen LogP contribution in [0.3, 0.4) is 0 Å². The van der Waals surface area contributed by atoms with Crippen molar-refractivity contribution < 1.29 is 18.8 Å². The van der Waals surface area contributed by atoms with Crippen LogP contribution >= 0.6 is 0 Å². The van der Waals surface area contributed by atoms with Crippen molar-refractivity contribution >= 4 is 23.4 Å². The van der Waals surface area contributed by atoms with Crippen molar-refractivity contribution in [2.24, 2.45) is 5.92 Å². The molecule has 1 fully saturated rings. The zero-order valence-electron chi connectivity index (χ0n) is 18.6. The number of amides is 3. The number of benzene rings is 2. The molecular weight excluding hydrogens is 409 g/mol. The molecule has 1 heterocycles. The Balaban J connectivity index is 1.58. The van der Waals surface area contributed by atoms with E-state index in [1.165, 1.54) is 12.1 Å². The summed E-state index contributed by atoms with van der Waals surface area (Å²) in [4.78, 5) is 40.7. The first-order valence-corrected chi connectivity index (χ1v) is 11.0. The third-order valence-corrected chi connectivity index (χ3v) is 5.81. The van der Waals surface area contributed by atoms with Crippen LogP contribution in [0.25, 0.3) is 0 Å². The molecule has 6 nitrogen and oxygen atoms in total. The fourth-order valence-electron chi connectivity index (χ4n) is 3.96. The monoisotopic (exact) mass is 439 g/mol. The largest absolute Gasteiger partial charge is 0.342 e. The second-order valence-electron chi connectivity index (χ2n) is 8.20. The van der Waals surface area contributed by atoms with Gasteiger partial charge in [-0.2, -0.15) is 0 Å². The van der Waals surface area contributed by atoms with E-state index in [2.05, 4.69) is 5.32 Å². The normalized spacial score (nSPS) is 15.8. The smallest absolute Gasteiger partial charge is 0.229 e. The molecule has 0 aromatic heterocycles. The molecule has 1 aliphatic rings. The predicted molar refractivity (Wildman–Crippen MR) is 121 cm³/mol. The minimum atomic E-state index is -0.330. The van der Waals surface area contributed by atoms with Crippen LogP contribution in [-0.2, 0) is 27.3 Å². The minimum absolute atomic E-state index is 0.00883. The van der Waals surface area contributed by atoms with Gasteiger partial charge in [0.2, 0.25) is 17.7 Å². The van der Waals surface area contributed by atoms with E-state index in [0.717, 1.165) is 24.0 Å². The van der Waals surface area contributed by atoms with E-state index in [1.807, 2.05) is 31.2 Å². The van der Waals surface area contributed by atoms with Gasteiger partial charge in [0.25, 0.3) is 0 Å². The Morgan fingerprint density at radius 3 is 2.56 bits per heavy atom. The molecule has 3 rings (SSSR count). The number of nitrogens with zero attached hydrogens (tertiary/aromatic N) is 2. The standard InChI is InChI=1S/C25H30FN3O3/c1-3-28(18(2)30)16-20-6-4-8-23(14-20)27-25(32)21-7-5-13-29(17-21)24(31)15-19-9-11-22(26)12-10-19/h4,6,8-12,14,21H,3,5,7,13,15-17H2,1-2H3,(H,27,32). The van der Waals surface area contributed by atoms with Gasteiger partial charge < -0.3 is 15.1 Å². The molecule has 0 bridgehead atoms. The van der Waals surface area contributed by atoms with Crippen molar-refractivity contribution in [2.75, 3.05) is 25.0 Å². The van der Waals surface area contributed by atoms with Crippen molar-refractivity contribution in [1.82, 2.24) is 9.80 Å². The Labute approximate surface area is 188 Å². The Hall–Kier alpha value is -3.22. The highest BCUT2D eigenvalue weighted by Crippen LogP contribution is 2.21. The zero-order valence-corrected chi connectivity index (χ0v) is 18.6. The highest BCUT2D eigenvalue weighted by Gasteiger charge is 2.28. The summed E-state index contributed by atoms with van der Waals surface area (Å²) in [6, 6.07) is 13.4. The number of hydrogen-bond acceptors (Lipinski definition) is 3. The van der Waals surface area contributed by atoms with Gasteiger partial charge in [0, 0.05) is 38.8 Å². The van der Waals surface area contributed by atoms with E-state index in [9.17, 15) is 18.8 Å². The van der Waals surface area contributed by atoms with E-state index >= 15 is 0 Å². The molecule has 3 amide bonds. The summed E-state index contributed by atoms with van der Waals surface area (Å²) >= 11 is 0. The van der Waals surface area contributed by atoms with Crippen LogP contribution in [-0.4, -0.2) is 47.2 Å². The molecule has 1 saturated heterocycles. The fourth-order valence-corrected chi connectivity index (χ4v) is 3.96. The second kappa shape index (κ2) is 10.9. The Morgan fingerprint density at radius 2 is 1.88 bits per heavy atom. The molecule has 0 saturated carbocycles. The minimum Gasteiger partial charge on any atom is -0.342 e. The van der Waals surface area contributed by atoms with E-state index in [0.29, 0.717) is 31.9 Å². The Bertz CT molecular complexity index is 961. The van der Waals surface area contributed by atoms with Gasteiger partial charge in [-0.25, -0.2) is 4.39 Å². The van der Waals surface area contributed by atoms with Gasteiger partial charge in [0.05, 0.1) is 12.3 Å². The highest BCUT2D eigenvalue weighted by molar-refractivity contribution is 5.93.